The third kappa shape index (κ3) is 5.18. The summed E-state index contributed by atoms with van der Waals surface area (Å²) in [5, 5.41) is 3.42. The van der Waals surface area contributed by atoms with Gasteiger partial charge in [-0.1, -0.05) is 42.5 Å². The van der Waals surface area contributed by atoms with Gasteiger partial charge in [0, 0.05) is 22.7 Å². The first-order valence-electron chi connectivity index (χ1n) is 7.15. The van der Waals surface area contributed by atoms with Gasteiger partial charge in [-0.05, 0) is 38.0 Å². The molecule has 0 spiro atoms. The number of halogens is 1. The van der Waals surface area contributed by atoms with Gasteiger partial charge < -0.3 is 5.32 Å². The maximum atomic E-state index is 14.1. The van der Waals surface area contributed by atoms with Crippen LogP contribution in [0.2, 0.25) is 0 Å². The van der Waals surface area contributed by atoms with Crippen LogP contribution >= 0.6 is 11.8 Å². The van der Waals surface area contributed by atoms with E-state index < -0.39 is 0 Å². The average Bonchev–Trinajstić information content (AvgIpc) is 2.44. The Morgan fingerprint density at radius 1 is 1.00 bits per heavy atom. The monoisotopic (exact) mass is 303 g/mol. The standard InChI is InChI=1S/C18H22FNS/c1-18(2,3)20-12-15-10-7-11-16(19)17(15)21-13-14-8-5-4-6-9-14/h4-11,20H,12-13H2,1-3H3. The van der Waals surface area contributed by atoms with Gasteiger partial charge in [0.1, 0.15) is 5.82 Å². The van der Waals surface area contributed by atoms with Gasteiger partial charge in [-0.2, -0.15) is 0 Å². The summed E-state index contributed by atoms with van der Waals surface area (Å²) in [4.78, 5) is 0.748. The maximum Gasteiger partial charge on any atom is 0.137 e. The molecule has 0 atom stereocenters. The number of benzene rings is 2. The summed E-state index contributed by atoms with van der Waals surface area (Å²) in [5.74, 6) is 0.647. The minimum atomic E-state index is -0.135. The van der Waals surface area contributed by atoms with E-state index in [0.717, 1.165) is 16.2 Å². The summed E-state index contributed by atoms with van der Waals surface area (Å²) in [7, 11) is 0. The second kappa shape index (κ2) is 7.10. The van der Waals surface area contributed by atoms with E-state index in [1.165, 1.54) is 11.6 Å². The van der Waals surface area contributed by atoms with E-state index >= 15 is 0 Å². The van der Waals surface area contributed by atoms with Crippen LogP contribution in [0.25, 0.3) is 0 Å². The van der Waals surface area contributed by atoms with Crippen molar-refractivity contribution in [1.29, 1.82) is 0 Å². The Labute approximate surface area is 131 Å². The van der Waals surface area contributed by atoms with Crippen LogP contribution < -0.4 is 5.32 Å². The molecule has 0 saturated heterocycles. The smallest absolute Gasteiger partial charge is 0.137 e. The molecule has 3 heteroatoms. The molecule has 112 valence electrons. The molecule has 2 aromatic carbocycles. The zero-order valence-corrected chi connectivity index (χ0v) is 13.6. The van der Waals surface area contributed by atoms with E-state index in [0.29, 0.717) is 6.54 Å². The first-order chi connectivity index (χ1) is 9.96. The summed E-state index contributed by atoms with van der Waals surface area (Å²) >= 11 is 1.56. The molecule has 0 fully saturated rings. The normalized spacial score (nSPS) is 11.6. The van der Waals surface area contributed by atoms with Crippen molar-refractivity contribution in [2.75, 3.05) is 0 Å². The Morgan fingerprint density at radius 2 is 1.71 bits per heavy atom. The fourth-order valence-corrected chi connectivity index (χ4v) is 2.98. The van der Waals surface area contributed by atoms with E-state index in [1.807, 2.05) is 24.3 Å². The van der Waals surface area contributed by atoms with Crippen molar-refractivity contribution in [1.82, 2.24) is 5.32 Å². The number of nitrogens with one attached hydrogen (secondary N) is 1. The quantitative estimate of drug-likeness (QED) is 0.780. The zero-order valence-electron chi connectivity index (χ0n) is 12.8. The van der Waals surface area contributed by atoms with E-state index in [-0.39, 0.29) is 11.4 Å². The molecule has 0 heterocycles. The summed E-state index contributed by atoms with van der Waals surface area (Å²) in [6, 6.07) is 15.5. The summed E-state index contributed by atoms with van der Waals surface area (Å²) in [6.07, 6.45) is 0. The summed E-state index contributed by atoms with van der Waals surface area (Å²) in [5.41, 5.74) is 2.25. The Morgan fingerprint density at radius 3 is 2.38 bits per heavy atom. The highest BCUT2D eigenvalue weighted by Crippen LogP contribution is 2.29. The molecule has 0 aliphatic rings. The number of thioether (sulfide) groups is 1. The lowest BCUT2D eigenvalue weighted by Gasteiger charge is -2.21. The van der Waals surface area contributed by atoms with Gasteiger partial charge in [0.2, 0.25) is 0 Å². The minimum Gasteiger partial charge on any atom is -0.308 e. The molecule has 0 bridgehead atoms. The molecule has 2 rings (SSSR count). The summed E-state index contributed by atoms with van der Waals surface area (Å²) in [6.45, 7) is 7.02. The Kier molecular flexibility index (Phi) is 5.43. The number of hydrogen-bond acceptors (Lipinski definition) is 2. The molecule has 0 aliphatic heterocycles. The van der Waals surface area contributed by atoms with Crippen LogP contribution in [0.1, 0.15) is 31.9 Å². The van der Waals surface area contributed by atoms with Gasteiger partial charge in [-0.25, -0.2) is 4.39 Å². The van der Waals surface area contributed by atoms with Crippen molar-refractivity contribution >= 4 is 11.8 Å². The van der Waals surface area contributed by atoms with Gasteiger partial charge in [-0.3, -0.25) is 0 Å². The third-order valence-corrected chi connectivity index (χ3v) is 4.31. The molecular formula is C18H22FNS. The topological polar surface area (TPSA) is 12.0 Å². The van der Waals surface area contributed by atoms with Gasteiger partial charge in [0.25, 0.3) is 0 Å². The van der Waals surface area contributed by atoms with Crippen molar-refractivity contribution in [2.24, 2.45) is 0 Å². The van der Waals surface area contributed by atoms with Crippen LogP contribution in [0.4, 0.5) is 4.39 Å². The van der Waals surface area contributed by atoms with Crippen molar-refractivity contribution in [3.63, 3.8) is 0 Å². The molecule has 0 saturated carbocycles. The lowest BCUT2D eigenvalue weighted by atomic mass is 10.1. The first kappa shape index (κ1) is 16.1. The van der Waals surface area contributed by atoms with Gasteiger partial charge >= 0.3 is 0 Å². The molecule has 2 aromatic rings. The van der Waals surface area contributed by atoms with Crippen molar-refractivity contribution in [3.8, 4) is 0 Å². The van der Waals surface area contributed by atoms with Crippen molar-refractivity contribution < 1.29 is 4.39 Å². The Bertz CT molecular complexity index is 576. The van der Waals surface area contributed by atoms with Crippen molar-refractivity contribution in [2.45, 2.75) is 43.5 Å². The second-order valence-corrected chi connectivity index (χ2v) is 7.09. The lowest BCUT2D eigenvalue weighted by Crippen LogP contribution is -2.35. The third-order valence-electron chi connectivity index (χ3n) is 3.08. The molecule has 1 nitrogen and oxygen atoms in total. The fourth-order valence-electron chi connectivity index (χ4n) is 1.94. The lowest BCUT2D eigenvalue weighted by molar-refractivity contribution is 0.421. The van der Waals surface area contributed by atoms with E-state index in [4.69, 9.17) is 0 Å². The molecule has 1 N–H and O–H groups in total. The average molecular weight is 303 g/mol. The molecule has 0 unspecified atom stereocenters. The first-order valence-corrected chi connectivity index (χ1v) is 8.13. The minimum absolute atomic E-state index is 0.0215. The molecule has 0 amide bonds. The fraction of sp³-hybridized carbons (Fsp3) is 0.333. The highest BCUT2D eigenvalue weighted by atomic mass is 32.2. The Hall–Kier alpha value is -1.32. The van der Waals surface area contributed by atoms with E-state index in [1.54, 1.807) is 17.8 Å². The SMILES string of the molecule is CC(C)(C)NCc1cccc(F)c1SCc1ccccc1. The van der Waals surface area contributed by atoms with Crippen LogP contribution in [0, 0.1) is 5.82 Å². The van der Waals surface area contributed by atoms with Gasteiger partial charge in [-0.15, -0.1) is 11.8 Å². The number of rotatable bonds is 5. The van der Waals surface area contributed by atoms with Gasteiger partial charge in [0.15, 0.2) is 0 Å². The predicted octanol–water partition coefficient (Wildman–Crippen LogP) is 5.01. The van der Waals surface area contributed by atoms with Crippen molar-refractivity contribution in [3.05, 3.63) is 65.5 Å². The molecule has 0 radical (unpaired) electrons. The van der Waals surface area contributed by atoms with Crippen LogP contribution in [-0.2, 0) is 12.3 Å². The molecule has 21 heavy (non-hydrogen) atoms. The number of hydrogen-bond donors (Lipinski definition) is 1. The van der Waals surface area contributed by atoms with Crippen LogP contribution in [0.3, 0.4) is 0 Å². The summed E-state index contributed by atoms with van der Waals surface area (Å²) < 4.78 is 14.1. The molecular weight excluding hydrogens is 281 g/mol. The van der Waals surface area contributed by atoms with Crippen LogP contribution in [0.5, 0.6) is 0 Å². The molecule has 0 aromatic heterocycles. The van der Waals surface area contributed by atoms with Gasteiger partial charge in [0.05, 0.1) is 0 Å². The van der Waals surface area contributed by atoms with Crippen LogP contribution in [-0.4, -0.2) is 5.54 Å². The van der Waals surface area contributed by atoms with E-state index in [9.17, 15) is 4.39 Å². The second-order valence-electron chi connectivity index (χ2n) is 6.11. The highest BCUT2D eigenvalue weighted by Gasteiger charge is 2.13. The highest BCUT2D eigenvalue weighted by molar-refractivity contribution is 7.98. The zero-order chi connectivity index (χ0) is 15.3. The van der Waals surface area contributed by atoms with Crippen LogP contribution in [0.15, 0.2) is 53.4 Å². The Balaban J connectivity index is 2.10. The van der Waals surface area contributed by atoms with E-state index in [2.05, 4.69) is 38.2 Å². The predicted molar refractivity (Wildman–Crippen MR) is 89.0 cm³/mol. The maximum absolute atomic E-state index is 14.1. The molecule has 0 aliphatic carbocycles. The largest absolute Gasteiger partial charge is 0.308 e.